The predicted octanol–water partition coefficient (Wildman–Crippen LogP) is 3.60. The van der Waals surface area contributed by atoms with E-state index in [1.807, 2.05) is 19.4 Å². The van der Waals surface area contributed by atoms with Crippen molar-refractivity contribution in [2.24, 2.45) is 0 Å². The van der Waals surface area contributed by atoms with Crippen molar-refractivity contribution in [1.82, 2.24) is 10.3 Å². The van der Waals surface area contributed by atoms with Gasteiger partial charge in [-0.25, -0.2) is 0 Å². The van der Waals surface area contributed by atoms with Crippen LogP contribution in [0.4, 0.5) is 0 Å². The summed E-state index contributed by atoms with van der Waals surface area (Å²) in [5.41, 5.74) is 5.13. The summed E-state index contributed by atoms with van der Waals surface area (Å²) >= 11 is 0. The number of rotatable bonds is 6. The van der Waals surface area contributed by atoms with Gasteiger partial charge < -0.3 is 10.1 Å². The maximum atomic E-state index is 5.40. The quantitative estimate of drug-likeness (QED) is 0.880. The van der Waals surface area contributed by atoms with Crippen LogP contribution in [0.25, 0.3) is 0 Å². The second-order valence-corrected chi connectivity index (χ2v) is 5.41. The number of hydrogen-bond donors (Lipinski definition) is 1. The second-order valence-electron chi connectivity index (χ2n) is 5.41. The molecular weight excluding hydrogens is 260 g/mol. The Labute approximate surface area is 127 Å². The van der Waals surface area contributed by atoms with E-state index in [9.17, 15) is 0 Å². The first-order valence-electron chi connectivity index (χ1n) is 7.37. The molecule has 0 fully saturated rings. The third kappa shape index (κ3) is 3.82. The lowest BCUT2D eigenvalue weighted by atomic mass is 9.94. The van der Waals surface area contributed by atoms with E-state index in [1.54, 1.807) is 7.11 Å². The van der Waals surface area contributed by atoms with E-state index in [1.165, 1.54) is 22.3 Å². The van der Waals surface area contributed by atoms with E-state index < -0.39 is 0 Å². The van der Waals surface area contributed by atoms with Crippen LogP contribution >= 0.6 is 0 Å². The molecule has 0 spiro atoms. The summed E-state index contributed by atoms with van der Waals surface area (Å²) in [4.78, 5) is 4.07. The summed E-state index contributed by atoms with van der Waals surface area (Å²) < 4.78 is 5.40. The molecule has 3 nitrogen and oxygen atoms in total. The first-order chi connectivity index (χ1) is 10.2. The maximum Gasteiger partial charge on any atom is 0.122 e. The highest BCUT2D eigenvalue weighted by Gasteiger charge is 2.14. The molecule has 0 saturated carbocycles. The van der Waals surface area contributed by atoms with Crippen LogP contribution in [0.1, 0.15) is 34.7 Å². The van der Waals surface area contributed by atoms with Crippen LogP contribution in [0.2, 0.25) is 0 Å². The lowest BCUT2D eigenvalue weighted by Gasteiger charge is -2.20. The third-order valence-electron chi connectivity index (χ3n) is 3.98. The van der Waals surface area contributed by atoms with Gasteiger partial charge in [0, 0.05) is 18.4 Å². The van der Waals surface area contributed by atoms with Crippen molar-refractivity contribution in [3.8, 4) is 5.75 Å². The van der Waals surface area contributed by atoms with Gasteiger partial charge in [0.2, 0.25) is 0 Å². The molecule has 112 valence electrons. The van der Waals surface area contributed by atoms with Crippen molar-refractivity contribution in [3.63, 3.8) is 0 Å². The fourth-order valence-corrected chi connectivity index (χ4v) is 2.72. The Kier molecular flexibility index (Phi) is 5.34. The first-order valence-corrected chi connectivity index (χ1v) is 7.37. The Morgan fingerprint density at radius 1 is 1.14 bits per heavy atom. The van der Waals surface area contributed by atoms with E-state index in [2.05, 4.69) is 48.4 Å². The van der Waals surface area contributed by atoms with Crippen LogP contribution in [-0.4, -0.2) is 19.1 Å². The number of aromatic nitrogens is 1. The molecule has 0 aliphatic heterocycles. The summed E-state index contributed by atoms with van der Waals surface area (Å²) in [6, 6.07) is 8.88. The monoisotopic (exact) mass is 284 g/mol. The van der Waals surface area contributed by atoms with Crippen LogP contribution in [0.5, 0.6) is 5.75 Å². The molecule has 2 rings (SSSR count). The summed E-state index contributed by atoms with van der Waals surface area (Å²) in [5.74, 6) is 0.959. The van der Waals surface area contributed by atoms with Crippen molar-refractivity contribution in [1.29, 1.82) is 0 Å². The Balaban J connectivity index is 2.16. The SMILES string of the molecule is CNC(CCc1ccncc1)c1cc(C)c(OC)cc1C. The molecular formula is C18H24N2O. The molecule has 0 saturated heterocycles. The smallest absolute Gasteiger partial charge is 0.122 e. The highest BCUT2D eigenvalue weighted by molar-refractivity contribution is 5.43. The minimum atomic E-state index is 0.350. The highest BCUT2D eigenvalue weighted by atomic mass is 16.5. The van der Waals surface area contributed by atoms with Gasteiger partial charge in [-0.05, 0) is 74.2 Å². The van der Waals surface area contributed by atoms with E-state index in [0.29, 0.717) is 6.04 Å². The number of hydrogen-bond acceptors (Lipinski definition) is 3. The maximum absolute atomic E-state index is 5.40. The number of methoxy groups -OCH3 is 1. The lowest BCUT2D eigenvalue weighted by Crippen LogP contribution is -2.18. The van der Waals surface area contributed by atoms with Gasteiger partial charge in [-0.3, -0.25) is 4.98 Å². The Morgan fingerprint density at radius 3 is 2.48 bits per heavy atom. The van der Waals surface area contributed by atoms with Gasteiger partial charge in [0.1, 0.15) is 5.75 Å². The molecule has 2 aromatic rings. The number of nitrogens with zero attached hydrogens (tertiary/aromatic N) is 1. The molecule has 1 heterocycles. The predicted molar refractivity (Wildman–Crippen MR) is 86.8 cm³/mol. The topological polar surface area (TPSA) is 34.2 Å². The number of nitrogens with one attached hydrogen (secondary N) is 1. The molecule has 0 aliphatic carbocycles. The summed E-state index contributed by atoms with van der Waals surface area (Å²) in [5, 5.41) is 3.44. The van der Waals surface area contributed by atoms with E-state index in [4.69, 9.17) is 4.74 Å². The number of aryl methyl sites for hydroxylation is 3. The summed E-state index contributed by atoms with van der Waals surface area (Å²) in [7, 11) is 3.75. The minimum Gasteiger partial charge on any atom is -0.496 e. The van der Waals surface area contributed by atoms with Crippen LogP contribution < -0.4 is 10.1 Å². The van der Waals surface area contributed by atoms with Crippen molar-refractivity contribution in [2.45, 2.75) is 32.7 Å². The molecule has 1 N–H and O–H groups in total. The van der Waals surface area contributed by atoms with E-state index in [0.717, 1.165) is 18.6 Å². The van der Waals surface area contributed by atoms with Gasteiger partial charge in [-0.15, -0.1) is 0 Å². The largest absolute Gasteiger partial charge is 0.496 e. The zero-order chi connectivity index (χ0) is 15.2. The summed E-state index contributed by atoms with van der Waals surface area (Å²) in [6.45, 7) is 4.24. The van der Waals surface area contributed by atoms with Gasteiger partial charge in [0.05, 0.1) is 7.11 Å². The number of benzene rings is 1. The van der Waals surface area contributed by atoms with Crippen LogP contribution in [-0.2, 0) is 6.42 Å². The molecule has 0 bridgehead atoms. The fraction of sp³-hybridized carbons (Fsp3) is 0.389. The number of ether oxygens (including phenoxy) is 1. The molecule has 1 aromatic heterocycles. The van der Waals surface area contributed by atoms with E-state index in [-0.39, 0.29) is 0 Å². The average molecular weight is 284 g/mol. The van der Waals surface area contributed by atoms with Crippen molar-refractivity contribution in [2.75, 3.05) is 14.2 Å². The average Bonchev–Trinajstić information content (AvgIpc) is 2.51. The Hall–Kier alpha value is -1.87. The Morgan fingerprint density at radius 2 is 1.86 bits per heavy atom. The molecule has 21 heavy (non-hydrogen) atoms. The third-order valence-corrected chi connectivity index (χ3v) is 3.98. The Bertz CT molecular complexity index is 581. The van der Waals surface area contributed by atoms with Gasteiger partial charge >= 0.3 is 0 Å². The summed E-state index contributed by atoms with van der Waals surface area (Å²) in [6.07, 6.45) is 5.81. The molecule has 0 radical (unpaired) electrons. The van der Waals surface area contributed by atoms with Gasteiger partial charge in [-0.1, -0.05) is 6.07 Å². The zero-order valence-electron chi connectivity index (χ0n) is 13.3. The van der Waals surface area contributed by atoms with E-state index >= 15 is 0 Å². The standard InChI is InChI=1S/C18H24N2O/c1-13-12-18(21-4)14(2)11-16(13)17(19-3)6-5-15-7-9-20-10-8-15/h7-12,17,19H,5-6H2,1-4H3. The van der Waals surface area contributed by atoms with Crippen molar-refractivity contribution >= 4 is 0 Å². The zero-order valence-corrected chi connectivity index (χ0v) is 13.3. The van der Waals surface area contributed by atoms with Gasteiger partial charge in [-0.2, -0.15) is 0 Å². The minimum absolute atomic E-state index is 0.350. The molecule has 1 unspecified atom stereocenters. The molecule has 1 aromatic carbocycles. The molecule has 3 heteroatoms. The molecule has 0 aliphatic rings. The number of pyridine rings is 1. The second kappa shape index (κ2) is 7.23. The van der Waals surface area contributed by atoms with Gasteiger partial charge in [0.25, 0.3) is 0 Å². The van der Waals surface area contributed by atoms with Gasteiger partial charge in [0.15, 0.2) is 0 Å². The van der Waals surface area contributed by atoms with Crippen LogP contribution in [0.3, 0.4) is 0 Å². The lowest BCUT2D eigenvalue weighted by molar-refractivity contribution is 0.410. The van der Waals surface area contributed by atoms with Crippen LogP contribution in [0, 0.1) is 13.8 Å². The fourth-order valence-electron chi connectivity index (χ4n) is 2.72. The van der Waals surface area contributed by atoms with Crippen molar-refractivity contribution < 1.29 is 4.74 Å². The highest BCUT2D eigenvalue weighted by Crippen LogP contribution is 2.28. The molecule has 0 amide bonds. The van der Waals surface area contributed by atoms with Crippen molar-refractivity contribution in [3.05, 3.63) is 58.9 Å². The van der Waals surface area contributed by atoms with Crippen LogP contribution in [0.15, 0.2) is 36.7 Å². The normalized spacial score (nSPS) is 12.2. The molecule has 1 atom stereocenters. The first kappa shape index (κ1) is 15.5.